The van der Waals surface area contributed by atoms with Crippen molar-refractivity contribution in [3.05, 3.63) is 37.0 Å². The van der Waals surface area contributed by atoms with Crippen LogP contribution >= 0.6 is 0 Å². The summed E-state index contributed by atoms with van der Waals surface area (Å²) >= 11 is 0. The zero-order valence-corrected chi connectivity index (χ0v) is 9.18. The maximum Gasteiger partial charge on any atom is 0.0506 e. The van der Waals surface area contributed by atoms with Crippen molar-refractivity contribution < 1.29 is 4.74 Å². The van der Waals surface area contributed by atoms with Crippen molar-refractivity contribution in [2.24, 2.45) is 0 Å². The molecule has 76 valence electrons. The van der Waals surface area contributed by atoms with Gasteiger partial charge in [-0.15, -0.1) is 0 Å². The van der Waals surface area contributed by atoms with Crippen LogP contribution in [-0.4, -0.2) is 13.2 Å². The van der Waals surface area contributed by atoms with Crippen LogP contribution in [-0.2, 0) is 4.74 Å². The van der Waals surface area contributed by atoms with Gasteiger partial charge in [0.05, 0.1) is 6.61 Å². The summed E-state index contributed by atoms with van der Waals surface area (Å²) in [6.07, 6.45) is 6.48. The van der Waals surface area contributed by atoms with Gasteiger partial charge in [-0.3, -0.25) is 0 Å². The lowest BCUT2D eigenvalue weighted by atomic mass is 10.2. The fraction of sp³-hybridized carbons (Fsp3) is 0.500. The van der Waals surface area contributed by atoms with Gasteiger partial charge in [-0.25, -0.2) is 0 Å². The lowest BCUT2D eigenvalue weighted by Gasteiger charge is -1.99. The van der Waals surface area contributed by atoms with Gasteiger partial charge in [0, 0.05) is 6.61 Å². The lowest BCUT2D eigenvalue weighted by molar-refractivity contribution is 0.151. The fourth-order valence-corrected chi connectivity index (χ4v) is 0.635. The van der Waals surface area contributed by atoms with Crippen LogP contribution in [0.15, 0.2) is 37.0 Å². The van der Waals surface area contributed by atoms with E-state index in [1.807, 2.05) is 32.9 Å². The van der Waals surface area contributed by atoms with Crippen molar-refractivity contribution in [3.8, 4) is 0 Å². The van der Waals surface area contributed by atoms with Crippen molar-refractivity contribution in [1.82, 2.24) is 0 Å². The molecule has 0 amide bonds. The van der Waals surface area contributed by atoms with Gasteiger partial charge < -0.3 is 4.74 Å². The van der Waals surface area contributed by atoms with E-state index in [9.17, 15) is 0 Å². The molecule has 0 N–H and O–H groups in total. The smallest absolute Gasteiger partial charge is 0.0506 e. The first-order valence-corrected chi connectivity index (χ1v) is 4.86. The van der Waals surface area contributed by atoms with E-state index in [2.05, 4.69) is 13.2 Å². The Kier molecular flexibility index (Phi) is 15.5. The minimum absolute atomic E-state index is 0.761. The van der Waals surface area contributed by atoms with Crippen LogP contribution in [0, 0.1) is 0 Å². The molecule has 1 heteroatoms. The molecule has 0 aliphatic heterocycles. The average molecular weight is 182 g/mol. The molecule has 0 spiro atoms. The van der Waals surface area contributed by atoms with E-state index >= 15 is 0 Å². The lowest BCUT2D eigenvalue weighted by Crippen LogP contribution is -1.93. The average Bonchev–Trinajstić information content (AvgIpc) is 2.18. The molecular formula is C12H22O. The molecule has 0 rings (SSSR count). The highest BCUT2D eigenvalue weighted by Gasteiger charge is 1.87. The normalized spacial score (nSPS) is 9.15. The number of hydrogen-bond donors (Lipinski definition) is 0. The van der Waals surface area contributed by atoms with E-state index in [0.29, 0.717) is 0 Å². The zero-order valence-electron chi connectivity index (χ0n) is 9.18. The summed E-state index contributed by atoms with van der Waals surface area (Å²) in [6, 6.07) is 0. The molecule has 0 bridgehead atoms. The molecule has 0 aromatic heterocycles. The molecule has 0 aliphatic rings. The van der Waals surface area contributed by atoms with Crippen LogP contribution in [0.5, 0.6) is 0 Å². The van der Waals surface area contributed by atoms with E-state index in [0.717, 1.165) is 25.2 Å². The summed E-state index contributed by atoms with van der Waals surface area (Å²) < 4.78 is 5.16. The Morgan fingerprint density at radius 2 is 2.00 bits per heavy atom. The predicted molar refractivity (Wildman–Crippen MR) is 60.9 cm³/mol. The monoisotopic (exact) mass is 182 g/mol. The molecule has 0 aromatic carbocycles. The minimum Gasteiger partial charge on any atom is -0.381 e. The van der Waals surface area contributed by atoms with Crippen molar-refractivity contribution in [2.75, 3.05) is 13.2 Å². The summed E-state index contributed by atoms with van der Waals surface area (Å²) in [5.74, 6) is 0. The van der Waals surface area contributed by atoms with E-state index in [4.69, 9.17) is 4.74 Å². The van der Waals surface area contributed by atoms with Gasteiger partial charge in [-0.2, -0.15) is 0 Å². The van der Waals surface area contributed by atoms with Crippen molar-refractivity contribution in [1.29, 1.82) is 0 Å². The Morgan fingerprint density at radius 3 is 2.46 bits per heavy atom. The third-order valence-corrected chi connectivity index (χ3v) is 1.24. The minimum atomic E-state index is 0.761. The highest BCUT2D eigenvalue weighted by Crippen LogP contribution is 1.99. The second-order valence-corrected chi connectivity index (χ2v) is 2.20. The van der Waals surface area contributed by atoms with Gasteiger partial charge in [0.2, 0.25) is 0 Å². The van der Waals surface area contributed by atoms with Gasteiger partial charge in [-0.1, -0.05) is 50.8 Å². The summed E-state index contributed by atoms with van der Waals surface area (Å²) in [4.78, 5) is 0. The Labute approximate surface area is 82.8 Å². The molecule has 0 atom stereocenters. The van der Waals surface area contributed by atoms with Crippen molar-refractivity contribution in [2.45, 2.75) is 27.2 Å². The molecular weight excluding hydrogens is 160 g/mol. The van der Waals surface area contributed by atoms with Crippen LogP contribution in [0.25, 0.3) is 0 Å². The summed E-state index contributed by atoms with van der Waals surface area (Å²) in [5, 5.41) is 0. The zero-order chi connectivity index (χ0) is 10.5. The number of ether oxygens (including phenoxy) is 1. The maximum absolute atomic E-state index is 5.16. The van der Waals surface area contributed by atoms with Gasteiger partial charge in [0.25, 0.3) is 0 Å². The molecule has 0 heterocycles. The van der Waals surface area contributed by atoms with Crippen LogP contribution in [0.2, 0.25) is 0 Å². The first-order chi connectivity index (χ1) is 6.31. The highest BCUT2D eigenvalue weighted by atomic mass is 16.5. The first-order valence-electron chi connectivity index (χ1n) is 4.86. The van der Waals surface area contributed by atoms with Crippen LogP contribution in [0.4, 0.5) is 0 Å². The SMILES string of the molecule is C=C/C=C\C(=C)CCOCC.CC. The van der Waals surface area contributed by atoms with Crippen LogP contribution in [0.1, 0.15) is 27.2 Å². The molecule has 0 saturated heterocycles. The van der Waals surface area contributed by atoms with Crippen molar-refractivity contribution in [3.63, 3.8) is 0 Å². The largest absolute Gasteiger partial charge is 0.381 e. The molecule has 0 aliphatic carbocycles. The van der Waals surface area contributed by atoms with Gasteiger partial charge in [0.1, 0.15) is 0 Å². The number of rotatable bonds is 6. The molecule has 13 heavy (non-hydrogen) atoms. The second kappa shape index (κ2) is 13.7. The van der Waals surface area contributed by atoms with Crippen molar-refractivity contribution >= 4 is 0 Å². The Morgan fingerprint density at radius 1 is 1.38 bits per heavy atom. The van der Waals surface area contributed by atoms with Crippen LogP contribution < -0.4 is 0 Å². The van der Waals surface area contributed by atoms with Gasteiger partial charge >= 0.3 is 0 Å². The fourth-order valence-electron chi connectivity index (χ4n) is 0.635. The number of allylic oxidation sites excluding steroid dienone is 3. The van der Waals surface area contributed by atoms with Crippen LogP contribution in [0.3, 0.4) is 0 Å². The van der Waals surface area contributed by atoms with E-state index < -0.39 is 0 Å². The molecule has 1 nitrogen and oxygen atoms in total. The Balaban J connectivity index is 0. The third-order valence-electron chi connectivity index (χ3n) is 1.24. The number of hydrogen-bond acceptors (Lipinski definition) is 1. The summed E-state index contributed by atoms with van der Waals surface area (Å²) in [6.45, 7) is 14.9. The van der Waals surface area contributed by atoms with Gasteiger partial charge in [0.15, 0.2) is 0 Å². The van der Waals surface area contributed by atoms with E-state index in [1.165, 1.54) is 0 Å². The van der Waals surface area contributed by atoms with E-state index in [-0.39, 0.29) is 0 Å². The third kappa shape index (κ3) is 14.1. The Bertz CT molecular complexity index is 145. The quantitative estimate of drug-likeness (QED) is 0.449. The standard InChI is InChI=1S/C10H16O.C2H6/c1-4-6-7-10(3)8-9-11-5-2;1-2/h4,6-7H,1,3,5,8-9H2,2H3;1-2H3/b7-6-;. The summed E-state index contributed by atoms with van der Waals surface area (Å²) in [5.41, 5.74) is 1.08. The summed E-state index contributed by atoms with van der Waals surface area (Å²) in [7, 11) is 0. The molecule has 0 unspecified atom stereocenters. The first kappa shape index (κ1) is 14.7. The van der Waals surface area contributed by atoms with E-state index in [1.54, 1.807) is 6.08 Å². The molecule has 0 saturated carbocycles. The Hall–Kier alpha value is -0.820. The molecule has 0 aromatic rings. The second-order valence-electron chi connectivity index (χ2n) is 2.20. The topological polar surface area (TPSA) is 9.23 Å². The molecule has 0 radical (unpaired) electrons. The molecule has 0 fully saturated rings. The predicted octanol–water partition coefficient (Wildman–Crippen LogP) is 3.74. The van der Waals surface area contributed by atoms with Gasteiger partial charge in [-0.05, 0) is 13.3 Å². The highest BCUT2D eigenvalue weighted by molar-refractivity contribution is 5.17. The maximum atomic E-state index is 5.16.